The molecule has 0 unspecified atom stereocenters. The number of rotatable bonds is 5. The van der Waals surface area contributed by atoms with E-state index in [0.29, 0.717) is 12.1 Å². The first-order valence-electron chi connectivity index (χ1n) is 7.24. The van der Waals surface area contributed by atoms with Crippen LogP contribution in [0.3, 0.4) is 0 Å². The molecule has 3 nitrogen and oxygen atoms in total. The van der Waals surface area contributed by atoms with Crippen molar-refractivity contribution in [2.24, 2.45) is 0 Å². The summed E-state index contributed by atoms with van der Waals surface area (Å²) in [5, 5.41) is 3.10. The smallest absolute Gasteiger partial charge is 0.224 e. The molecule has 0 heterocycles. The number of carbonyl (C=O) groups is 1. The summed E-state index contributed by atoms with van der Waals surface area (Å²) in [6.45, 7) is 4.08. The van der Waals surface area contributed by atoms with E-state index >= 15 is 0 Å². The van der Waals surface area contributed by atoms with E-state index in [0.717, 1.165) is 16.5 Å². The lowest BCUT2D eigenvalue weighted by Crippen LogP contribution is -2.45. The zero-order chi connectivity index (χ0) is 16.2. The monoisotopic (exact) mass is 396 g/mol. The summed E-state index contributed by atoms with van der Waals surface area (Å²) < 4.78 is 1.06. The standard InChI is InChI=1S/C18H21BrN2O.ClH/c1-18(2,12-14-3-7-15(19)8-4-14)21-17(22)11-13-5-9-16(20)10-6-13;/h3-10H,11-12,20H2,1-2H3,(H,21,22);1H. The van der Waals surface area contributed by atoms with Gasteiger partial charge in [-0.3, -0.25) is 4.79 Å². The Morgan fingerprint density at radius 2 is 1.57 bits per heavy atom. The van der Waals surface area contributed by atoms with Gasteiger partial charge in [0.15, 0.2) is 0 Å². The molecule has 0 aliphatic heterocycles. The highest BCUT2D eigenvalue weighted by atomic mass is 79.9. The molecule has 0 aromatic heterocycles. The number of halogens is 2. The van der Waals surface area contributed by atoms with Crippen LogP contribution in [0, 0.1) is 0 Å². The molecular formula is C18H22BrClN2O. The van der Waals surface area contributed by atoms with Crippen molar-refractivity contribution < 1.29 is 4.79 Å². The average Bonchev–Trinajstić information content (AvgIpc) is 2.43. The van der Waals surface area contributed by atoms with E-state index in [4.69, 9.17) is 5.73 Å². The van der Waals surface area contributed by atoms with E-state index < -0.39 is 0 Å². The van der Waals surface area contributed by atoms with Crippen molar-refractivity contribution in [1.29, 1.82) is 0 Å². The van der Waals surface area contributed by atoms with Gasteiger partial charge in [0.1, 0.15) is 0 Å². The molecule has 0 saturated heterocycles. The number of anilines is 1. The number of carbonyl (C=O) groups excluding carboxylic acids is 1. The predicted molar refractivity (Wildman–Crippen MR) is 102 cm³/mol. The summed E-state index contributed by atoms with van der Waals surface area (Å²) in [5.74, 6) is 0.0203. The Labute approximate surface area is 152 Å². The van der Waals surface area contributed by atoms with Gasteiger partial charge in [0.05, 0.1) is 6.42 Å². The van der Waals surface area contributed by atoms with Crippen molar-refractivity contribution in [2.45, 2.75) is 32.2 Å². The number of nitrogens with one attached hydrogen (secondary N) is 1. The third kappa shape index (κ3) is 6.63. The van der Waals surface area contributed by atoms with Gasteiger partial charge < -0.3 is 11.1 Å². The molecule has 0 spiro atoms. The van der Waals surface area contributed by atoms with Gasteiger partial charge in [-0.05, 0) is 55.7 Å². The Bertz CT molecular complexity index is 639. The van der Waals surface area contributed by atoms with E-state index in [1.807, 2.05) is 50.2 Å². The van der Waals surface area contributed by atoms with Gasteiger partial charge in [0.2, 0.25) is 5.91 Å². The molecule has 0 aliphatic rings. The molecule has 124 valence electrons. The lowest BCUT2D eigenvalue weighted by Gasteiger charge is -2.26. The van der Waals surface area contributed by atoms with Crippen molar-refractivity contribution in [3.63, 3.8) is 0 Å². The van der Waals surface area contributed by atoms with Crippen molar-refractivity contribution in [1.82, 2.24) is 5.32 Å². The van der Waals surface area contributed by atoms with Crippen LogP contribution in [0.2, 0.25) is 0 Å². The van der Waals surface area contributed by atoms with Gasteiger partial charge in [-0.15, -0.1) is 12.4 Å². The van der Waals surface area contributed by atoms with Crippen LogP contribution in [0.4, 0.5) is 5.69 Å². The maximum Gasteiger partial charge on any atom is 0.224 e. The third-order valence-corrected chi connectivity index (χ3v) is 3.91. The van der Waals surface area contributed by atoms with E-state index in [1.54, 1.807) is 0 Å². The maximum atomic E-state index is 12.2. The third-order valence-electron chi connectivity index (χ3n) is 3.38. The minimum absolute atomic E-state index is 0. The lowest BCUT2D eigenvalue weighted by atomic mass is 9.94. The normalized spacial score (nSPS) is 10.7. The van der Waals surface area contributed by atoms with Gasteiger partial charge in [-0.1, -0.05) is 40.2 Å². The van der Waals surface area contributed by atoms with Crippen molar-refractivity contribution in [3.8, 4) is 0 Å². The summed E-state index contributed by atoms with van der Waals surface area (Å²) in [6, 6.07) is 15.6. The molecule has 0 saturated carbocycles. The van der Waals surface area contributed by atoms with Crippen LogP contribution >= 0.6 is 28.3 Å². The van der Waals surface area contributed by atoms with E-state index in [1.165, 1.54) is 5.56 Å². The fraction of sp³-hybridized carbons (Fsp3) is 0.278. The predicted octanol–water partition coefficient (Wildman–Crippen LogP) is 4.13. The fourth-order valence-corrected chi connectivity index (χ4v) is 2.66. The molecule has 1 amide bonds. The molecule has 0 radical (unpaired) electrons. The number of amides is 1. The van der Waals surface area contributed by atoms with Crippen molar-refractivity contribution >= 4 is 39.9 Å². The summed E-state index contributed by atoms with van der Waals surface area (Å²) in [7, 11) is 0. The summed E-state index contributed by atoms with van der Waals surface area (Å²) in [4.78, 5) is 12.2. The van der Waals surface area contributed by atoms with Crippen molar-refractivity contribution in [3.05, 3.63) is 64.1 Å². The van der Waals surface area contributed by atoms with Crippen LogP contribution in [0.1, 0.15) is 25.0 Å². The Morgan fingerprint density at radius 1 is 1.04 bits per heavy atom. The van der Waals surface area contributed by atoms with Crippen LogP contribution in [-0.2, 0) is 17.6 Å². The Balaban J connectivity index is 0.00000264. The summed E-state index contributed by atoms with van der Waals surface area (Å²) in [5.41, 5.74) is 8.23. The second-order valence-electron chi connectivity index (χ2n) is 6.15. The van der Waals surface area contributed by atoms with Gasteiger partial charge in [0.25, 0.3) is 0 Å². The molecule has 0 aliphatic carbocycles. The van der Waals surface area contributed by atoms with Gasteiger partial charge in [-0.25, -0.2) is 0 Å². The molecule has 23 heavy (non-hydrogen) atoms. The zero-order valence-corrected chi connectivity index (χ0v) is 15.7. The largest absolute Gasteiger partial charge is 0.399 e. The van der Waals surface area contributed by atoms with Crippen LogP contribution in [-0.4, -0.2) is 11.4 Å². The second kappa shape index (κ2) is 8.37. The number of hydrogen-bond acceptors (Lipinski definition) is 2. The van der Waals surface area contributed by atoms with Crippen LogP contribution in [0.15, 0.2) is 53.0 Å². The molecule has 2 aromatic carbocycles. The first kappa shape index (κ1) is 19.5. The molecular weight excluding hydrogens is 376 g/mol. The van der Waals surface area contributed by atoms with Gasteiger partial charge >= 0.3 is 0 Å². The zero-order valence-electron chi connectivity index (χ0n) is 13.3. The van der Waals surface area contributed by atoms with Crippen LogP contribution in [0.5, 0.6) is 0 Å². The highest BCUT2D eigenvalue weighted by Crippen LogP contribution is 2.16. The number of nitrogen functional groups attached to an aromatic ring is 1. The number of hydrogen-bond donors (Lipinski definition) is 2. The first-order valence-corrected chi connectivity index (χ1v) is 8.03. The van der Waals surface area contributed by atoms with E-state index in [9.17, 15) is 4.79 Å². The minimum atomic E-state index is -0.293. The van der Waals surface area contributed by atoms with Crippen LogP contribution in [0.25, 0.3) is 0 Å². The fourth-order valence-electron chi connectivity index (χ4n) is 2.40. The quantitative estimate of drug-likeness (QED) is 0.745. The number of nitrogens with two attached hydrogens (primary N) is 1. The SMILES string of the molecule is CC(C)(Cc1ccc(Br)cc1)NC(=O)Cc1ccc(N)cc1.Cl. The molecule has 5 heteroatoms. The Kier molecular flexibility index (Phi) is 7.10. The lowest BCUT2D eigenvalue weighted by molar-refractivity contribution is -0.122. The van der Waals surface area contributed by atoms with E-state index in [2.05, 4.69) is 33.4 Å². The second-order valence-corrected chi connectivity index (χ2v) is 7.07. The highest BCUT2D eigenvalue weighted by molar-refractivity contribution is 9.10. The average molecular weight is 398 g/mol. The van der Waals surface area contributed by atoms with Gasteiger partial charge in [-0.2, -0.15) is 0 Å². The molecule has 2 aromatic rings. The Hall–Kier alpha value is -1.52. The number of benzene rings is 2. The summed E-state index contributed by atoms with van der Waals surface area (Å²) in [6.07, 6.45) is 1.15. The molecule has 0 fully saturated rings. The summed E-state index contributed by atoms with van der Waals surface area (Å²) >= 11 is 3.43. The molecule has 3 N–H and O–H groups in total. The molecule has 0 bridgehead atoms. The van der Waals surface area contributed by atoms with Crippen LogP contribution < -0.4 is 11.1 Å². The first-order chi connectivity index (χ1) is 10.3. The van der Waals surface area contributed by atoms with Crippen molar-refractivity contribution in [2.75, 3.05) is 5.73 Å². The van der Waals surface area contributed by atoms with Gasteiger partial charge in [0, 0.05) is 15.7 Å². The Morgan fingerprint density at radius 3 is 2.13 bits per heavy atom. The minimum Gasteiger partial charge on any atom is -0.399 e. The molecule has 2 rings (SSSR count). The highest BCUT2D eigenvalue weighted by Gasteiger charge is 2.21. The maximum absolute atomic E-state index is 12.2. The topological polar surface area (TPSA) is 55.1 Å². The molecule has 0 atom stereocenters. The van der Waals surface area contributed by atoms with E-state index in [-0.39, 0.29) is 23.9 Å².